The van der Waals surface area contributed by atoms with E-state index in [9.17, 15) is 0 Å². The summed E-state index contributed by atoms with van der Waals surface area (Å²) < 4.78 is 8.11. The lowest BCUT2D eigenvalue weighted by Gasteiger charge is -2.41. The first-order chi connectivity index (χ1) is 10.8. The Hall–Kier alpha value is 0.0169. The standard InChI is InChI=1S/C19H32INOSSi/c1-13(10-15(3)20)18(22-24(8,9)19(5,6)7)14(2)11-17-12-23-16(4)21-17/h10-13,18H,1-9H3/t13-,18-/m0/s1. The first-order valence-corrected chi connectivity index (χ1v) is 13.3. The second-order valence-corrected chi connectivity index (χ2v) is 15.6. The molecule has 5 heteroatoms. The maximum atomic E-state index is 6.80. The van der Waals surface area contributed by atoms with Gasteiger partial charge in [0.15, 0.2) is 8.32 Å². The largest absolute Gasteiger partial charge is 0.410 e. The average Bonchev–Trinajstić information content (AvgIpc) is 2.79. The fourth-order valence-electron chi connectivity index (χ4n) is 2.32. The maximum absolute atomic E-state index is 6.80. The molecule has 0 N–H and O–H groups in total. The molecule has 1 rings (SSSR count). The number of nitrogens with zero attached hydrogens (tertiary/aromatic N) is 1. The van der Waals surface area contributed by atoms with E-state index in [0.29, 0.717) is 5.92 Å². The fraction of sp³-hybridized carbons (Fsp3) is 0.632. The molecule has 0 unspecified atom stereocenters. The third-order valence-electron chi connectivity index (χ3n) is 4.66. The van der Waals surface area contributed by atoms with Crippen molar-refractivity contribution >= 4 is 48.3 Å². The highest BCUT2D eigenvalue weighted by Crippen LogP contribution is 2.39. The molecular weight excluding hydrogens is 445 g/mol. The quantitative estimate of drug-likeness (QED) is 0.319. The summed E-state index contributed by atoms with van der Waals surface area (Å²) in [6.45, 7) is 20.2. The molecule has 0 saturated heterocycles. The van der Waals surface area contributed by atoms with Crippen LogP contribution in [-0.2, 0) is 4.43 Å². The molecule has 0 amide bonds. The van der Waals surface area contributed by atoms with Gasteiger partial charge in [-0.05, 0) is 76.7 Å². The van der Waals surface area contributed by atoms with Gasteiger partial charge in [-0.1, -0.05) is 33.8 Å². The van der Waals surface area contributed by atoms with Crippen LogP contribution < -0.4 is 0 Å². The molecule has 2 nitrogen and oxygen atoms in total. The monoisotopic (exact) mass is 477 g/mol. The van der Waals surface area contributed by atoms with E-state index in [0.717, 1.165) is 10.7 Å². The zero-order chi connectivity index (χ0) is 18.7. The Morgan fingerprint density at radius 3 is 2.33 bits per heavy atom. The van der Waals surface area contributed by atoms with E-state index in [1.165, 1.54) is 9.15 Å². The molecule has 0 aliphatic carbocycles. The van der Waals surface area contributed by atoms with E-state index in [-0.39, 0.29) is 11.1 Å². The highest BCUT2D eigenvalue weighted by atomic mass is 127. The lowest BCUT2D eigenvalue weighted by Crippen LogP contribution is -2.45. The SMILES string of the molecule is CC(I)=C[C@H](C)[C@H](O[Si](C)(C)C(C)(C)C)C(C)=Cc1csc(C)n1. The number of hydrogen-bond acceptors (Lipinski definition) is 3. The Bertz CT molecular complexity index is 609. The van der Waals surface area contributed by atoms with Crippen molar-refractivity contribution in [1.29, 1.82) is 0 Å². The summed E-state index contributed by atoms with van der Waals surface area (Å²) in [7, 11) is -1.85. The minimum atomic E-state index is -1.85. The summed E-state index contributed by atoms with van der Waals surface area (Å²) in [4.78, 5) is 4.58. The lowest BCUT2D eigenvalue weighted by atomic mass is 9.97. The van der Waals surface area contributed by atoms with Gasteiger partial charge in [0.25, 0.3) is 0 Å². The summed E-state index contributed by atoms with van der Waals surface area (Å²) in [5.74, 6) is 0.340. The Balaban J connectivity index is 3.18. The highest BCUT2D eigenvalue weighted by molar-refractivity contribution is 14.1. The smallest absolute Gasteiger partial charge is 0.192 e. The number of aromatic nitrogens is 1. The Kier molecular flexibility index (Phi) is 7.91. The number of aryl methyl sites for hydroxylation is 1. The summed E-state index contributed by atoms with van der Waals surface area (Å²) in [5.41, 5.74) is 2.30. The van der Waals surface area contributed by atoms with E-state index in [2.05, 4.69) is 99.7 Å². The Labute approximate surface area is 167 Å². The van der Waals surface area contributed by atoms with Gasteiger partial charge in [0.05, 0.1) is 16.8 Å². The topological polar surface area (TPSA) is 22.1 Å². The summed E-state index contributed by atoms with van der Waals surface area (Å²) in [6.07, 6.45) is 4.59. The summed E-state index contributed by atoms with van der Waals surface area (Å²) >= 11 is 4.08. The van der Waals surface area contributed by atoms with Gasteiger partial charge in [-0.3, -0.25) is 0 Å². The zero-order valence-corrected chi connectivity index (χ0v) is 20.5. The molecule has 0 aliphatic rings. The van der Waals surface area contributed by atoms with Crippen LogP contribution >= 0.6 is 33.9 Å². The van der Waals surface area contributed by atoms with Crippen LogP contribution in [0.15, 0.2) is 20.6 Å². The van der Waals surface area contributed by atoms with E-state index in [4.69, 9.17) is 4.43 Å². The molecule has 0 spiro atoms. The van der Waals surface area contributed by atoms with Crippen molar-refractivity contribution in [2.24, 2.45) is 5.92 Å². The van der Waals surface area contributed by atoms with Crippen molar-refractivity contribution in [1.82, 2.24) is 4.98 Å². The number of thiazole rings is 1. The van der Waals surface area contributed by atoms with Crippen molar-refractivity contribution in [3.05, 3.63) is 31.3 Å². The van der Waals surface area contributed by atoms with Crippen LogP contribution in [0.3, 0.4) is 0 Å². The molecule has 1 aromatic rings. The van der Waals surface area contributed by atoms with Crippen LogP contribution in [0, 0.1) is 12.8 Å². The van der Waals surface area contributed by atoms with Crippen LogP contribution in [0.25, 0.3) is 6.08 Å². The first kappa shape index (κ1) is 22.1. The minimum absolute atomic E-state index is 0.0950. The molecule has 0 saturated carbocycles. The normalized spacial score (nSPS) is 17.1. The summed E-state index contributed by atoms with van der Waals surface area (Å²) in [6, 6.07) is 0. The molecule has 1 heterocycles. The van der Waals surface area contributed by atoms with Crippen LogP contribution in [-0.4, -0.2) is 19.4 Å². The van der Waals surface area contributed by atoms with Crippen LogP contribution in [0.2, 0.25) is 18.1 Å². The average molecular weight is 478 g/mol. The molecule has 0 radical (unpaired) electrons. The van der Waals surface area contributed by atoms with Crippen LogP contribution in [0.4, 0.5) is 0 Å². The van der Waals surface area contributed by atoms with Gasteiger partial charge < -0.3 is 4.43 Å². The second-order valence-electron chi connectivity index (χ2n) is 8.09. The number of allylic oxidation sites excluding steroid dienone is 1. The van der Waals surface area contributed by atoms with Crippen molar-refractivity contribution in [2.75, 3.05) is 0 Å². The molecule has 0 aliphatic heterocycles. The maximum Gasteiger partial charge on any atom is 0.192 e. The van der Waals surface area contributed by atoms with E-state index < -0.39 is 8.32 Å². The van der Waals surface area contributed by atoms with E-state index in [1.54, 1.807) is 11.3 Å². The van der Waals surface area contributed by atoms with Crippen molar-refractivity contribution < 1.29 is 4.43 Å². The molecule has 2 atom stereocenters. The third kappa shape index (κ3) is 6.39. The number of rotatable bonds is 6. The number of hydrogen-bond donors (Lipinski definition) is 0. The number of halogens is 1. The molecule has 136 valence electrons. The van der Waals surface area contributed by atoms with Gasteiger partial charge >= 0.3 is 0 Å². The predicted octanol–water partition coefficient (Wildman–Crippen LogP) is 7.22. The van der Waals surface area contributed by atoms with E-state index >= 15 is 0 Å². The minimum Gasteiger partial charge on any atom is -0.410 e. The third-order valence-corrected chi connectivity index (χ3v) is 10.3. The van der Waals surface area contributed by atoms with Gasteiger partial charge in [-0.25, -0.2) is 4.98 Å². The molecule has 24 heavy (non-hydrogen) atoms. The van der Waals surface area contributed by atoms with E-state index in [1.807, 2.05) is 6.92 Å². The zero-order valence-electron chi connectivity index (χ0n) is 16.5. The van der Waals surface area contributed by atoms with Gasteiger partial charge in [-0.2, -0.15) is 0 Å². The van der Waals surface area contributed by atoms with Crippen LogP contribution in [0.5, 0.6) is 0 Å². The van der Waals surface area contributed by atoms with Gasteiger partial charge in [0, 0.05) is 11.3 Å². The Morgan fingerprint density at radius 2 is 1.92 bits per heavy atom. The molecule has 1 aromatic heterocycles. The van der Waals surface area contributed by atoms with Gasteiger partial charge in [0.1, 0.15) is 0 Å². The van der Waals surface area contributed by atoms with Crippen LogP contribution in [0.1, 0.15) is 52.2 Å². The first-order valence-electron chi connectivity index (χ1n) is 8.45. The van der Waals surface area contributed by atoms with Crippen molar-refractivity contribution in [3.63, 3.8) is 0 Å². The Morgan fingerprint density at radius 1 is 1.33 bits per heavy atom. The molecular formula is C19H32INOSSi. The molecule has 0 fully saturated rings. The summed E-state index contributed by atoms with van der Waals surface area (Å²) in [5, 5.41) is 3.42. The predicted molar refractivity (Wildman–Crippen MR) is 120 cm³/mol. The second kappa shape index (κ2) is 8.60. The lowest BCUT2D eigenvalue weighted by molar-refractivity contribution is 0.179. The highest BCUT2D eigenvalue weighted by Gasteiger charge is 2.40. The fourth-order valence-corrected chi connectivity index (χ4v) is 4.85. The molecule has 0 aromatic carbocycles. The van der Waals surface area contributed by atoms with Crippen molar-refractivity contribution in [3.8, 4) is 0 Å². The molecule has 0 bridgehead atoms. The van der Waals surface area contributed by atoms with Gasteiger partial charge in [-0.15, -0.1) is 11.3 Å². The van der Waals surface area contributed by atoms with Crippen molar-refractivity contribution in [2.45, 2.75) is 72.7 Å². The van der Waals surface area contributed by atoms with Gasteiger partial charge in [0.2, 0.25) is 0 Å².